The fourth-order valence-electron chi connectivity index (χ4n) is 2.49. The van der Waals surface area contributed by atoms with E-state index in [1.54, 1.807) is 6.20 Å². The number of benzene rings is 1. The molecule has 1 unspecified atom stereocenters. The fraction of sp³-hybridized carbons (Fsp3) is 0.222. The number of hydrogen-bond acceptors (Lipinski definition) is 4. The smallest absolute Gasteiger partial charge is 0.261 e. The highest BCUT2D eigenvalue weighted by atomic mass is 16.5. The van der Waals surface area contributed by atoms with Crippen LogP contribution in [0.15, 0.2) is 53.5 Å². The largest absolute Gasteiger partial charge is 0.473 e. The van der Waals surface area contributed by atoms with Crippen LogP contribution < -0.4 is 16.0 Å². The first-order chi connectivity index (χ1) is 11.0. The predicted molar refractivity (Wildman–Crippen MR) is 89.6 cm³/mol. The molecular formula is C18H19N3O2. The van der Waals surface area contributed by atoms with Crippen LogP contribution in [0.3, 0.4) is 0 Å². The van der Waals surface area contributed by atoms with Gasteiger partial charge >= 0.3 is 0 Å². The Balaban J connectivity index is 2.01. The number of rotatable bonds is 4. The molecule has 3 aromatic rings. The maximum atomic E-state index is 12.3. The Kier molecular flexibility index (Phi) is 4.12. The molecule has 0 aliphatic rings. The van der Waals surface area contributed by atoms with Crippen molar-refractivity contribution < 1.29 is 4.74 Å². The van der Waals surface area contributed by atoms with E-state index in [4.69, 9.17) is 10.5 Å². The number of aromatic nitrogens is 2. The lowest BCUT2D eigenvalue weighted by Crippen LogP contribution is -2.18. The molecule has 0 bridgehead atoms. The van der Waals surface area contributed by atoms with Crippen LogP contribution in [0.2, 0.25) is 0 Å². The standard InChI is InChI=1S/C18H19N3O2/c1-12-8-15(13(2)19)18-20-16(9-17(22)21(18)10-12)23-11-14-6-4-3-5-7-14/h3-10,13H,11,19H2,1-2H3. The highest BCUT2D eigenvalue weighted by Gasteiger charge is 2.12. The van der Waals surface area contributed by atoms with Crippen LogP contribution in [0.4, 0.5) is 0 Å². The number of aryl methyl sites for hydroxylation is 1. The van der Waals surface area contributed by atoms with Gasteiger partial charge in [0.25, 0.3) is 5.56 Å². The Hall–Kier alpha value is -2.66. The molecule has 2 N–H and O–H groups in total. The zero-order valence-corrected chi connectivity index (χ0v) is 13.2. The van der Waals surface area contributed by atoms with E-state index in [9.17, 15) is 4.79 Å². The van der Waals surface area contributed by atoms with Crippen LogP contribution in [0.5, 0.6) is 5.88 Å². The van der Waals surface area contributed by atoms with Gasteiger partial charge in [0.15, 0.2) is 0 Å². The summed E-state index contributed by atoms with van der Waals surface area (Å²) in [6, 6.07) is 12.9. The lowest BCUT2D eigenvalue weighted by atomic mass is 10.1. The van der Waals surface area contributed by atoms with E-state index in [1.165, 1.54) is 10.5 Å². The Bertz CT molecular complexity index is 886. The van der Waals surface area contributed by atoms with Crippen molar-refractivity contribution in [2.24, 2.45) is 5.73 Å². The lowest BCUT2D eigenvalue weighted by Gasteiger charge is -2.13. The second-order valence-electron chi connectivity index (χ2n) is 5.66. The average molecular weight is 309 g/mol. The van der Waals surface area contributed by atoms with Gasteiger partial charge in [-0.05, 0) is 31.0 Å². The number of hydrogen-bond donors (Lipinski definition) is 1. The van der Waals surface area contributed by atoms with Gasteiger partial charge in [-0.1, -0.05) is 30.3 Å². The van der Waals surface area contributed by atoms with Crippen molar-refractivity contribution in [2.75, 3.05) is 0 Å². The third-order valence-electron chi connectivity index (χ3n) is 3.62. The second-order valence-corrected chi connectivity index (χ2v) is 5.66. The minimum atomic E-state index is -0.221. The predicted octanol–water partition coefficient (Wildman–Crippen LogP) is 2.60. The molecule has 0 saturated carbocycles. The molecular weight excluding hydrogens is 290 g/mol. The molecule has 5 nitrogen and oxygen atoms in total. The number of pyridine rings is 1. The Morgan fingerprint density at radius 1 is 1.26 bits per heavy atom. The summed E-state index contributed by atoms with van der Waals surface area (Å²) in [5.41, 5.74) is 9.19. The average Bonchev–Trinajstić information content (AvgIpc) is 2.54. The molecule has 118 valence electrons. The van der Waals surface area contributed by atoms with Crippen molar-refractivity contribution in [3.05, 3.63) is 75.7 Å². The first-order valence-corrected chi connectivity index (χ1v) is 7.51. The summed E-state index contributed by atoms with van der Waals surface area (Å²) < 4.78 is 7.20. The van der Waals surface area contributed by atoms with E-state index in [1.807, 2.05) is 50.2 Å². The first kappa shape index (κ1) is 15.2. The summed E-state index contributed by atoms with van der Waals surface area (Å²) in [6.07, 6.45) is 1.76. The zero-order chi connectivity index (χ0) is 16.4. The molecule has 1 atom stereocenters. The summed E-state index contributed by atoms with van der Waals surface area (Å²) >= 11 is 0. The van der Waals surface area contributed by atoms with Gasteiger partial charge in [-0.2, -0.15) is 4.98 Å². The van der Waals surface area contributed by atoms with Crippen molar-refractivity contribution in [2.45, 2.75) is 26.5 Å². The third-order valence-corrected chi connectivity index (χ3v) is 3.62. The van der Waals surface area contributed by atoms with Gasteiger partial charge in [-0.25, -0.2) is 0 Å². The molecule has 23 heavy (non-hydrogen) atoms. The minimum Gasteiger partial charge on any atom is -0.473 e. The molecule has 5 heteroatoms. The van der Waals surface area contributed by atoms with Gasteiger partial charge in [-0.15, -0.1) is 0 Å². The molecule has 0 saturated heterocycles. The Morgan fingerprint density at radius 2 is 2.00 bits per heavy atom. The van der Waals surface area contributed by atoms with Crippen LogP contribution in [-0.2, 0) is 6.61 Å². The topological polar surface area (TPSA) is 69.6 Å². The molecule has 1 aromatic carbocycles. The maximum absolute atomic E-state index is 12.3. The molecule has 0 spiro atoms. The van der Waals surface area contributed by atoms with Crippen molar-refractivity contribution in [1.29, 1.82) is 0 Å². The fourth-order valence-corrected chi connectivity index (χ4v) is 2.49. The molecule has 0 amide bonds. The highest BCUT2D eigenvalue weighted by Crippen LogP contribution is 2.18. The van der Waals surface area contributed by atoms with E-state index in [-0.39, 0.29) is 11.6 Å². The van der Waals surface area contributed by atoms with Gasteiger partial charge in [0, 0.05) is 17.8 Å². The van der Waals surface area contributed by atoms with Gasteiger partial charge < -0.3 is 10.5 Å². The number of fused-ring (bicyclic) bond motifs is 1. The van der Waals surface area contributed by atoms with E-state index in [0.29, 0.717) is 18.1 Å². The van der Waals surface area contributed by atoms with Crippen LogP contribution in [-0.4, -0.2) is 9.38 Å². The molecule has 0 aliphatic carbocycles. The summed E-state index contributed by atoms with van der Waals surface area (Å²) in [4.78, 5) is 16.8. The lowest BCUT2D eigenvalue weighted by molar-refractivity contribution is 0.293. The van der Waals surface area contributed by atoms with Crippen LogP contribution in [0, 0.1) is 6.92 Å². The minimum absolute atomic E-state index is 0.177. The molecule has 0 radical (unpaired) electrons. The van der Waals surface area contributed by atoms with Crippen molar-refractivity contribution in [1.82, 2.24) is 9.38 Å². The molecule has 0 aliphatic heterocycles. The quantitative estimate of drug-likeness (QED) is 0.804. The van der Waals surface area contributed by atoms with E-state index in [0.717, 1.165) is 16.7 Å². The van der Waals surface area contributed by atoms with Crippen molar-refractivity contribution >= 4 is 5.65 Å². The number of ether oxygens (including phenoxy) is 1. The molecule has 0 fully saturated rings. The zero-order valence-electron chi connectivity index (χ0n) is 13.2. The summed E-state index contributed by atoms with van der Waals surface area (Å²) in [7, 11) is 0. The van der Waals surface area contributed by atoms with Crippen molar-refractivity contribution in [3.63, 3.8) is 0 Å². The van der Waals surface area contributed by atoms with E-state index < -0.39 is 0 Å². The third kappa shape index (κ3) is 3.24. The molecule has 3 rings (SSSR count). The number of nitrogens with two attached hydrogens (primary N) is 1. The maximum Gasteiger partial charge on any atom is 0.261 e. The highest BCUT2D eigenvalue weighted by molar-refractivity contribution is 5.51. The second kappa shape index (κ2) is 6.22. The monoisotopic (exact) mass is 309 g/mol. The summed E-state index contributed by atoms with van der Waals surface area (Å²) in [5, 5.41) is 0. The van der Waals surface area contributed by atoms with Gasteiger partial charge in [0.2, 0.25) is 5.88 Å². The van der Waals surface area contributed by atoms with Crippen molar-refractivity contribution in [3.8, 4) is 5.88 Å². The molecule has 2 heterocycles. The van der Waals surface area contributed by atoms with Crippen LogP contribution >= 0.6 is 0 Å². The normalized spacial score (nSPS) is 12.3. The van der Waals surface area contributed by atoms with Gasteiger partial charge in [0.1, 0.15) is 12.3 Å². The van der Waals surface area contributed by atoms with E-state index >= 15 is 0 Å². The van der Waals surface area contributed by atoms with Crippen LogP contribution in [0.1, 0.15) is 29.7 Å². The SMILES string of the molecule is Cc1cc(C(C)N)c2nc(OCc3ccccc3)cc(=O)n2c1. The Morgan fingerprint density at radius 3 is 2.70 bits per heavy atom. The van der Waals surface area contributed by atoms with Crippen LogP contribution in [0.25, 0.3) is 5.65 Å². The summed E-state index contributed by atoms with van der Waals surface area (Å²) in [5.74, 6) is 0.310. The van der Waals surface area contributed by atoms with Gasteiger partial charge in [-0.3, -0.25) is 9.20 Å². The van der Waals surface area contributed by atoms with Gasteiger partial charge in [0.05, 0.1) is 6.07 Å². The number of nitrogens with zero attached hydrogens (tertiary/aromatic N) is 2. The first-order valence-electron chi connectivity index (χ1n) is 7.51. The van der Waals surface area contributed by atoms with E-state index in [2.05, 4.69) is 4.98 Å². The molecule has 2 aromatic heterocycles. The summed E-state index contributed by atoms with van der Waals surface area (Å²) in [6.45, 7) is 4.17. The Labute approximate surface area is 134 Å².